The van der Waals surface area contributed by atoms with Crippen molar-refractivity contribution in [2.45, 2.75) is 31.7 Å². The summed E-state index contributed by atoms with van der Waals surface area (Å²) in [6.45, 7) is 3.76. The molecule has 1 amide bonds. The van der Waals surface area contributed by atoms with Crippen LogP contribution in [0.15, 0.2) is 28.7 Å². The quantitative estimate of drug-likeness (QED) is 0.845. The zero-order valence-electron chi connectivity index (χ0n) is 12.5. The standard InChI is InChI=1S/C16H23BrN2O/c1-12(13-4-6-14(17)7-5-13)16(20)19-10-8-15(9-11-19)18(2)3/h4-7,12,15H,8-11H2,1-3H3. The molecular formula is C16H23BrN2O. The molecular weight excluding hydrogens is 316 g/mol. The van der Waals surface area contributed by atoms with Crippen LogP contribution in [-0.4, -0.2) is 48.9 Å². The molecule has 1 fully saturated rings. The van der Waals surface area contributed by atoms with Crippen LogP contribution in [0.5, 0.6) is 0 Å². The molecule has 1 heterocycles. The number of benzene rings is 1. The first-order valence-electron chi connectivity index (χ1n) is 7.19. The summed E-state index contributed by atoms with van der Waals surface area (Å²) in [5.41, 5.74) is 1.09. The van der Waals surface area contributed by atoms with Gasteiger partial charge in [0.25, 0.3) is 0 Å². The van der Waals surface area contributed by atoms with E-state index in [4.69, 9.17) is 0 Å². The number of amides is 1. The molecule has 3 nitrogen and oxygen atoms in total. The molecule has 0 radical (unpaired) electrons. The lowest BCUT2D eigenvalue weighted by molar-refractivity contribution is -0.133. The van der Waals surface area contributed by atoms with E-state index in [0.717, 1.165) is 36.0 Å². The number of rotatable bonds is 3. The van der Waals surface area contributed by atoms with Gasteiger partial charge in [-0.3, -0.25) is 4.79 Å². The van der Waals surface area contributed by atoms with Crippen molar-refractivity contribution in [2.75, 3.05) is 27.2 Å². The number of nitrogens with zero attached hydrogens (tertiary/aromatic N) is 2. The Bertz CT molecular complexity index is 450. The number of likely N-dealkylation sites (tertiary alicyclic amines) is 1. The van der Waals surface area contributed by atoms with E-state index in [-0.39, 0.29) is 11.8 Å². The zero-order chi connectivity index (χ0) is 14.7. The number of piperidine rings is 1. The zero-order valence-corrected chi connectivity index (χ0v) is 14.1. The third-order valence-corrected chi connectivity index (χ3v) is 4.78. The summed E-state index contributed by atoms with van der Waals surface area (Å²) in [5, 5.41) is 0. The van der Waals surface area contributed by atoms with Crippen molar-refractivity contribution in [1.82, 2.24) is 9.80 Å². The summed E-state index contributed by atoms with van der Waals surface area (Å²) in [6, 6.07) is 8.66. The van der Waals surface area contributed by atoms with Gasteiger partial charge < -0.3 is 9.80 Å². The first kappa shape index (κ1) is 15.5. The highest BCUT2D eigenvalue weighted by molar-refractivity contribution is 9.10. The van der Waals surface area contributed by atoms with E-state index in [0.29, 0.717) is 6.04 Å². The molecule has 0 N–H and O–H groups in total. The van der Waals surface area contributed by atoms with Gasteiger partial charge in [-0.2, -0.15) is 0 Å². The molecule has 20 heavy (non-hydrogen) atoms. The lowest BCUT2D eigenvalue weighted by Gasteiger charge is -2.36. The summed E-state index contributed by atoms with van der Waals surface area (Å²) in [7, 11) is 4.24. The van der Waals surface area contributed by atoms with Crippen LogP contribution in [0.1, 0.15) is 31.2 Å². The van der Waals surface area contributed by atoms with E-state index in [1.807, 2.05) is 36.1 Å². The van der Waals surface area contributed by atoms with E-state index < -0.39 is 0 Å². The molecule has 1 saturated heterocycles. The maximum atomic E-state index is 12.6. The fraction of sp³-hybridized carbons (Fsp3) is 0.562. The molecule has 0 aromatic heterocycles. The van der Waals surface area contributed by atoms with Crippen molar-refractivity contribution < 1.29 is 4.79 Å². The highest BCUT2D eigenvalue weighted by Crippen LogP contribution is 2.23. The monoisotopic (exact) mass is 338 g/mol. The van der Waals surface area contributed by atoms with Crippen molar-refractivity contribution >= 4 is 21.8 Å². The Morgan fingerprint density at radius 1 is 1.25 bits per heavy atom. The van der Waals surface area contributed by atoms with Crippen molar-refractivity contribution in [3.63, 3.8) is 0 Å². The number of carbonyl (C=O) groups excluding carboxylic acids is 1. The van der Waals surface area contributed by atoms with Gasteiger partial charge in [0.15, 0.2) is 0 Å². The number of halogens is 1. The van der Waals surface area contributed by atoms with Crippen LogP contribution in [0, 0.1) is 0 Å². The average Bonchev–Trinajstić information content (AvgIpc) is 2.46. The second kappa shape index (κ2) is 6.72. The highest BCUT2D eigenvalue weighted by Gasteiger charge is 2.27. The molecule has 1 aliphatic rings. The summed E-state index contributed by atoms with van der Waals surface area (Å²) in [4.78, 5) is 16.8. The highest BCUT2D eigenvalue weighted by atomic mass is 79.9. The topological polar surface area (TPSA) is 23.6 Å². The van der Waals surface area contributed by atoms with E-state index in [2.05, 4.69) is 34.9 Å². The van der Waals surface area contributed by atoms with Gasteiger partial charge in [-0.25, -0.2) is 0 Å². The summed E-state index contributed by atoms with van der Waals surface area (Å²) in [5.74, 6) is 0.198. The minimum atomic E-state index is -0.0565. The van der Waals surface area contributed by atoms with Crippen LogP contribution in [0.25, 0.3) is 0 Å². The van der Waals surface area contributed by atoms with Crippen molar-refractivity contribution in [3.05, 3.63) is 34.3 Å². The predicted octanol–water partition coefficient (Wildman–Crippen LogP) is 3.11. The third kappa shape index (κ3) is 3.61. The van der Waals surface area contributed by atoms with Gasteiger partial charge in [0.05, 0.1) is 5.92 Å². The van der Waals surface area contributed by atoms with E-state index in [9.17, 15) is 4.79 Å². The number of hydrogen-bond donors (Lipinski definition) is 0. The number of carbonyl (C=O) groups is 1. The molecule has 1 atom stereocenters. The Labute approximate surface area is 130 Å². The maximum absolute atomic E-state index is 12.6. The lowest BCUT2D eigenvalue weighted by Crippen LogP contribution is -2.45. The Morgan fingerprint density at radius 3 is 2.30 bits per heavy atom. The van der Waals surface area contributed by atoms with Crippen molar-refractivity contribution in [1.29, 1.82) is 0 Å². The van der Waals surface area contributed by atoms with Crippen LogP contribution in [-0.2, 0) is 4.79 Å². The van der Waals surface area contributed by atoms with Crippen molar-refractivity contribution in [3.8, 4) is 0 Å². The maximum Gasteiger partial charge on any atom is 0.229 e. The minimum absolute atomic E-state index is 0.0565. The fourth-order valence-corrected chi connectivity index (χ4v) is 3.03. The third-order valence-electron chi connectivity index (χ3n) is 4.25. The first-order valence-corrected chi connectivity index (χ1v) is 7.99. The second-order valence-electron chi connectivity index (χ2n) is 5.79. The largest absolute Gasteiger partial charge is 0.342 e. The Kier molecular flexibility index (Phi) is 5.22. The summed E-state index contributed by atoms with van der Waals surface area (Å²) < 4.78 is 1.05. The summed E-state index contributed by atoms with van der Waals surface area (Å²) >= 11 is 3.43. The van der Waals surface area contributed by atoms with Gasteiger partial charge in [0.1, 0.15) is 0 Å². The SMILES string of the molecule is CC(C(=O)N1CCC(N(C)C)CC1)c1ccc(Br)cc1. The molecule has 0 aliphatic carbocycles. The van der Waals surface area contributed by atoms with Crippen LogP contribution >= 0.6 is 15.9 Å². The van der Waals surface area contributed by atoms with Crippen LogP contribution in [0.4, 0.5) is 0 Å². The molecule has 1 aromatic carbocycles. The minimum Gasteiger partial charge on any atom is -0.342 e. The molecule has 2 rings (SSSR count). The molecule has 4 heteroatoms. The molecule has 1 unspecified atom stereocenters. The van der Waals surface area contributed by atoms with Gasteiger partial charge in [-0.05, 0) is 51.6 Å². The molecule has 0 bridgehead atoms. The average molecular weight is 339 g/mol. The van der Waals surface area contributed by atoms with E-state index in [1.54, 1.807) is 0 Å². The molecule has 1 aliphatic heterocycles. The second-order valence-corrected chi connectivity index (χ2v) is 6.71. The van der Waals surface area contributed by atoms with Gasteiger partial charge in [-0.1, -0.05) is 28.1 Å². The van der Waals surface area contributed by atoms with Crippen LogP contribution in [0.2, 0.25) is 0 Å². The van der Waals surface area contributed by atoms with E-state index in [1.165, 1.54) is 0 Å². The van der Waals surface area contributed by atoms with Crippen LogP contribution in [0.3, 0.4) is 0 Å². The molecule has 0 saturated carbocycles. The fourth-order valence-electron chi connectivity index (χ4n) is 2.77. The molecule has 1 aromatic rings. The smallest absolute Gasteiger partial charge is 0.229 e. The summed E-state index contributed by atoms with van der Waals surface area (Å²) in [6.07, 6.45) is 2.15. The normalized spacial score (nSPS) is 18.4. The Hall–Kier alpha value is -0.870. The van der Waals surface area contributed by atoms with Crippen molar-refractivity contribution in [2.24, 2.45) is 0 Å². The van der Waals surface area contributed by atoms with Gasteiger partial charge in [-0.15, -0.1) is 0 Å². The number of hydrogen-bond acceptors (Lipinski definition) is 2. The molecule has 0 spiro atoms. The van der Waals surface area contributed by atoms with Gasteiger partial charge in [0.2, 0.25) is 5.91 Å². The van der Waals surface area contributed by atoms with Gasteiger partial charge >= 0.3 is 0 Å². The van der Waals surface area contributed by atoms with E-state index >= 15 is 0 Å². The lowest BCUT2D eigenvalue weighted by atomic mass is 9.97. The van der Waals surface area contributed by atoms with Gasteiger partial charge in [0, 0.05) is 23.6 Å². The first-order chi connectivity index (χ1) is 9.49. The Balaban J connectivity index is 1.96. The predicted molar refractivity (Wildman–Crippen MR) is 85.8 cm³/mol. The Morgan fingerprint density at radius 2 is 1.80 bits per heavy atom. The van der Waals surface area contributed by atoms with Crippen LogP contribution < -0.4 is 0 Å². The molecule has 110 valence electrons.